The molecule has 1 atom stereocenters. The van der Waals surface area contributed by atoms with Crippen molar-refractivity contribution in [1.82, 2.24) is 15.1 Å². The van der Waals surface area contributed by atoms with E-state index in [1.54, 1.807) is 36.2 Å². The van der Waals surface area contributed by atoms with E-state index in [-0.39, 0.29) is 18.1 Å². The summed E-state index contributed by atoms with van der Waals surface area (Å²) in [5, 5.41) is 16.9. The molecule has 2 N–H and O–H groups in total. The largest absolute Gasteiger partial charge is 0.494 e. The summed E-state index contributed by atoms with van der Waals surface area (Å²) in [6, 6.07) is 10.7. The smallest absolute Gasteiger partial charge is 0.271 e. The number of rotatable bonds is 6. The molecule has 25 heavy (non-hydrogen) atoms. The number of nitrogens with zero attached hydrogens (tertiary/aromatic N) is 2. The van der Waals surface area contributed by atoms with Crippen LogP contribution in [0.25, 0.3) is 5.69 Å². The van der Waals surface area contributed by atoms with Crippen LogP contribution in [0.4, 0.5) is 0 Å². The van der Waals surface area contributed by atoms with Crippen LogP contribution in [0, 0.1) is 6.92 Å². The number of aromatic nitrogens is 2. The molecule has 0 aliphatic carbocycles. The highest BCUT2D eigenvalue weighted by atomic mass is 16.5. The molecule has 1 amide bonds. The number of carbonyl (C=O) groups is 1. The van der Waals surface area contributed by atoms with Gasteiger partial charge in [-0.15, -0.1) is 0 Å². The molecular weight excluding hydrogens is 322 g/mol. The maximum absolute atomic E-state index is 12.2. The number of hydrogen-bond acceptors (Lipinski definition) is 5. The monoisotopic (exact) mass is 341 g/mol. The number of furan rings is 1. The van der Waals surface area contributed by atoms with Gasteiger partial charge in [-0.25, -0.2) is 4.68 Å². The summed E-state index contributed by atoms with van der Waals surface area (Å²) in [5.74, 6) is 0.681. The maximum Gasteiger partial charge on any atom is 0.271 e. The van der Waals surface area contributed by atoms with Crippen LogP contribution >= 0.6 is 0 Å². The van der Waals surface area contributed by atoms with Gasteiger partial charge in [0.25, 0.3) is 5.91 Å². The molecule has 0 aliphatic heterocycles. The third-order valence-corrected chi connectivity index (χ3v) is 3.73. The van der Waals surface area contributed by atoms with Crippen molar-refractivity contribution in [3.8, 4) is 11.4 Å². The number of amides is 1. The van der Waals surface area contributed by atoms with Crippen LogP contribution in [0.2, 0.25) is 0 Å². The molecule has 0 saturated heterocycles. The van der Waals surface area contributed by atoms with Gasteiger partial charge >= 0.3 is 0 Å². The number of aliphatic hydroxyl groups excluding tert-OH is 1. The number of hydrogen-bond donors (Lipinski definition) is 2. The molecule has 0 spiro atoms. The summed E-state index contributed by atoms with van der Waals surface area (Å²) in [6.07, 6.45) is 2.25. The van der Waals surface area contributed by atoms with Gasteiger partial charge in [-0.2, -0.15) is 5.10 Å². The van der Waals surface area contributed by atoms with Crippen LogP contribution in [0.3, 0.4) is 0 Å². The molecule has 0 radical (unpaired) electrons. The minimum Gasteiger partial charge on any atom is -0.494 e. The van der Waals surface area contributed by atoms with Crippen molar-refractivity contribution in [2.75, 3.05) is 13.7 Å². The van der Waals surface area contributed by atoms with Gasteiger partial charge in [-0.05, 0) is 42.8 Å². The third kappa shape index (κ3) is 3.72. The molecule has 3 aromatic rings. The van der Waals surface area contributed by atoms with E-state index >= 15 is 0 Å². The minimum atomic E-state index is -0.905. The normalized spacial score (nSPS) is 12.0. The van der Waals surface area contributed by atoms with Gasteiger partial charge in [0.15, 0.2) is 5.69 Å². The van der Waals surface area contributed by atoms with Crippen molar-refractivity contribution in [2.24, 2.45) is 0 Å². The predicted octanol–water partition coefficient (Wildman–Crippen LogP) is 2.25. The first-order chi connectivity index (χ1) is 12.1. The molecule has 1 unspecified atom stereocenters. The van der Waals surface area contributed by atoms with Crippen LogP contribution in [0.1, 0.15) is 27.9 Å². The molecule has 0 saturated carbocycles. The number of ether oxygens (including phenoxy) is 1. The molecule has 2 heterocycles. The van der Waals surface area contributed by atoms with E-state index in [2.05, 4.69) is 10.4 Å². The molecule has 1 aromatic carbocycles. The first-order valence-electron chi connectivity index (χ1n) is 7.79. The number of benzene rings is 1. The molecule has 3 rings (SSSR count). The summed E-state index contributed by atoms with van der Waals surface area (Å²) >= 11 is 0. The molecular formula is C18H19N3O4. The average Bonchev–Trinajstić information content (AvgIpc) is 3.30. The SMILES string of the molecule is COc1ccc(C)cc1-n1ccc(C(=O)NCC(O)c2ccco2)n1. The van der Waals surface area contributed by atoms with Crippen molar-refractivity contribution in [3.63, 3.8) is 0 Å². The van der Waals surface area contributed by atoms with Gasteiger partial charge in [-0.1, -0.05) is 6.07 Å². The van der Waals surface area contributed by atoms with Gasteiger partial charge < -0.3 is 19.6 Å². The number of methoxy groups -OCH3 is 1. The van der Waals surface area contributed by atoms with E-state index in [4.69, 9.17) is 9.15 Å². The summed E-state index contributed by atoms with van der Waals surface area (Å²) in [4.78, 5) is 12.2. The fraction of sp³-hybridized carbons (Fsp3) is 0.222. The molecule has 2 aromatic heterocycles. The molecule has 0 fully saturated rings. The summed E-state index contributed by atoms with van der Waals surface area (Å²) in [6.45, 7) is 2.00. The fourth-order valence-corrected chi connectivity index (χ4v) is 2.42. The average molecular weight is 341 g/mol. The van der Waals surface area contributed by atoms with Crippen LogP contribution in [0.5, 0.6) is 5.75 Å². The Labute approximate surface area is 144 Å². The van der Waals surface area contributed by atoms with Crippen LogP contribution < -0.4 is 10.1 Å². The van der Waals surface area contributed by atoms with Crippen LogP contribution in [0.15, 0.2) is 53.3 Å². The number of nitrogens with one attached hydrogen (secondary N) is 1. The van der Waals surface area contributed by atoms with E-state index in [1.807, 2.05) is 25.1 Å². The van der Waals surface area contributed by atoms with Crippen LogP contribution in [-0.2, 0) is 0 Å². The predicted molar refractivity (Wildman–Crippen MR) is 90.9 cm³/mol. The van der Waals surface area contributed by atoms with E-state index < -0.39 is 6.10 Å². The fourth-order valence-electron chi connectivity index (χ4n) is 2.42. The molecule has 0 aliphatic rings. The van der Waals surface area contributed by atoms with Crippen molar-refractivity contribution < 1.29 is 19.1 Å². The zero-order valence-electron chi connectivity index (χ0n) is 14.0. The lowest BCUT2D eigenvalue weighted by atomic mass is 10.2. The maximum atomic E-state index is 12.2. The lowest BCUT2D eigenvalue weighted by Gasteiger charge is -2.10. The van der Waals surface area contributed by atoms with Gasteiger partial charge in [0.1, 0.15) is 23.3 Å². The first-order valence-corrected chi connectivity index (χ1v) is 7.79. The van der Waals surface area contributed by atoms with Gasteiger partial charge in [0.2, 0.25) is 0 Å². The molecule has 7 heteroatoms. The highest BCUT2D eigenvalue weighted by Gasteiger charge is 2.15. The Morgan fingerprint density at radius 3 is 2.96 bits per heavy atom. The Hall–Kier alpha value is -3.06. The van der Waals surface area contributed by atoms with E-state index in [0.29, 0.717) is 11.5 Å². The van der Waals surface area contributed by atoms with Crippen molar-refractivity contribution in [3.05, 3.63) is 65.9 Å². The molecule has 7 nitrogen and oxygen atoms in total. The number of aliphatic hydroxyl groups is 1. The number of carbonyl (C=O) groups excluding carboxylic acids is 1. The Morgan fingerprint density at radius 2 is 2.24 bits per heavy atom. The first kappa shape index (κ1) is 16.8. The van der Waals surface area contributed by atoms with Gasteiger partial charge in [-0.3, -0.25) is 4.79 Å². The standard InChI is InChI=1S/C18H19N3O4/c1-12-5-6-16(24-2)14(10-12)21-8-7-13(20-21)18(23)19-11-15(22)17-4-3-9-25-17/h3-10,15,22H,11H2,1-2H3,(H,19,23). The lowest BCUT2D eigenvalue weighted by molar-refractivity contribution is 0.0896. The number of aryl methyl sites for hydroxylation is 1. The lowest BCUT2D eigenvalue weighted by Crippen LogP contribution is -2.28. The quantitative estimate of drug-likeness (QED) is 0.718. The summed E-state index contributed by atoms with van der Waals surface area (Å²) in [5.41, 5.74) is 2.05. The Balaban J connectivity index is 1.71. The van der Waals surface area contributed by atoms with E-state index in [1.165, 1.54) is 6.26 Å². The second-order valence-corrected chi connectivity index (χ2v) is 5.56. The minimum absolute atomic E-state index is 0.0347. The van der Waals surface area contributed by atoms with Gasteiger partial charge in [0, 0.05) is 6.20 Å². The van der Waals surface area contributed by atoms with Crippen LogP contribution in [-0.4, -0.2) is 34.4 Å². The van der Waals surface area contributed by atoms with Gasteiger partial charge in [0.05, 0.1) is 19.9 Å². The third-order valence-electron chi connectivity index (χ3n) is 3.73. The second kappa shape index (κ2) is 7.23. The highest BCUT2D eigenvalue weighted by Crippen LogP contribution is 2.23. The Bertz CT molecular complexity index is 855. The topological polar surface area (TPSA) is 89.5 Å². The van der Waals surface area contributed by atoms with E-state index in [9.17, 15) is 9.90 Å². The summed E-state index contributed by atoms with van der Waals surface area (Å²) < 4.78 is 12.0. The Kier molecular flexibility index (Phi) is 4.85. The van der Waals surface area contributed by atoms with Crippen molar-refractivity contribution in [1.29, 1.82) is 0 Å². The zero-order chi connectivity index (χ0) is 17.8. The van der Waals surface area contributed by atoms with E-state index in [0.717, 1.165) is 11.3 Å². The molecule has 130 valence electrons. The zero-order valence-corrected chi connectivity index (χ0v) is 14.0. The van der Waals surface area contributed by atoms with Crippen molar-refractivity contribution in [2.45, 2.75) is 13.0 Å². The Morgan fingerprint density at radius 1 is 1.40 bits per heavy atom. The summed E-state index contributed by atoms with van der Waals surface area (Å²) in [7, 11) is 1.58. The highest BCUT2D eigenvalue weighted by molar-refractivity contribution is 5.92. The molecule has 0 bridgehead atoms. The van der Waals surface area contributed by atoms with Crippen molar-refractivity contribution >= 4 is 5.91 Å². The second-order valence-electron chi connectivity index (χ2n) is 5.56.